The largest absolute Gasteiger partial charge is 0.371 e. The smallest absolute Gasteiger partial charge is 0.0993 e. The van der Waals surface area contributed by atoms with Crippen LogP contribution in [0, 0.1) is 0 Å². The zero-order valence-corrected chi connectivity index (χ0v) is 12.1. The van der Waals surface area contributed by atoms with Crippen molar-refractivity contribution in [2.45, 2.75) is 12.1 Å². The van der Waals surface area contributed by atoms with E-state index in [0.717, 1.165) is 18.7 Å². The van der Waals surface area contributed by atoms with E-state index in [4.69, 9.17) is 27.9 Å². The van der Waals surface area contributed by atoms with Gasteiger partial charge in [0.1, 0.15) is 0 Å². The van der Waals surface area contributed by atoms with E-state index >= 15 is 0 Å². The molecule has 2 rings (SSSR count). The van der Waals surface area contributed by atoms with Crippen LogP contribution in [0.3, 0.4) is 0 Å². The Morgan fingerprint density at radius 1 is 1.28 bits per heavy atom. The van der Waals surface area contributed by atoms with E-state index in [9.17, 15) is 0 Å². The van der Waals surface area contributed by atoms with Gasteiger partial charge < -0.3 is 15.0 Å². The molecule has 100 valence electrons. The number of rotatable bonds is 2. The third-order valence-corrected chi connectivity index (χ3v) is 3.95. The number of ether oxygens (including phenoxy) is 1. The van der Waals surface area contributed by atoms with Crippen LogP contribution in [0.4, 0.5) is 0 Å². The summed E-state index contributed by atoms with van der Waals surface area (Å²) in [4.78, 5) is 2.17. The Kier molecular flexibility index (Phi) is 4.87. The van der Waals surface area contributed by atoms with Crippen molar-refractivity contribution in [3.8, 4) is 0 Å². The maximum Gasteiger partial charge on any atom is 0.0993 e. The first kappa shape index (κ1) is 14.1. The minimum atomic E-state index is 0.0183. The van der Waals surface area contributed by atoms with Crippen molar-refractivity contribution in [2.24, 2.45) is 0 Å². The molecule has 1 aromatic carbocycles. The summed E-state index contributed by atoms with van der Waals surface area (Å²) in [6.07, 6.45) is 0.0183. The molecule has 0 aromatic heterocycles. The Morgan fingerprint density at radius 3 is 2.72 bits per heavy atom. The van der Waals surface area contributed by atoms with Crippen LogP contribution in [0.1, 0.15) is 11.7 Å². The third-order valence-electron chi connectivity index (χ3n) is 3.21. The lowest BCUT2D eigenvalue weighted by Gasteiger charge is -2.30. The summed E-state index contributed by atoms with van der Waals surface area (Å²) in [5, 5.41) is 4.53. The fourth-order valence-corrected chi connectivity index (χ4v) is 2.49. The number of hydrogen-bond acceptors (Lipinski definition) is 3. The van der Waals surface area contributed by atoms with Gasteiger partial charge in [-0.15, -0.1) is 0 Å². The lowest BCUT2D eigenvalue weighted by Crippen LogP contribution is -2.40. The fraction of sp³-hybridized carbons (Fsp3) is 0.538. The summed E-state index contributed by atoms with van der Waals surface area (Å²) in [6.45, 7) is 2.48. The van der Waals surface area contributed by atoms with Crippen molar-refractivity contribution in [2.75, 3.05) is 33.8 Å². The second kappa shape index (κ2) is 6.22. The molecule has 1 aliphatic heterocycles. The van der Waals surface area contributed by atoms with Gasteiger partial charge in [0.05, 0.1) is 28.8 Å². The number of halogens is 2. The number of benzene rings is 1. The van der Waals surface area contributed by atoms with Crippen molar-refractivity contribution >= 4 is 23.2 Å². The molecule has 0 aliphatic carbocycles. The molecule has 1 fully saturated rings. The second-order valence-corrected chi connectivity index (χ2v) is 5.51. The molecule has 0 radical (unpaired) electrons. The number of nitrogens with one attached hydrogen (secondary N) is 1. The van der Waals surface area contributed by atoms with Crippen LogP contribution in [0.2, 0.25) is 10.0 Å². The quantitative estimate of drug-likeness (QED) is 0.905. The highest BCUT2D eigenvalue weighted by atomic mass is 35.5. The molecule has 1 heterocycles. The van der Waals surface area contributed by atoms with E-state index in [2.05, 4.69) is 24.3 Å². The predicted octanol–water partition coefficient (Wildman–Crippen LogP) is 2.58. The Balaban J connectivity index is 2.28. The van der Waals surface area contributed by atoms with Gasteiger partial charge in [-0.25, -0.2) is 0 Å². The first-order valence-electron chi connectivity index (χ1n) is 6.03. The maximum atomic E-state index is 6.08. The van der Waals surface area contributed by atoms with Gasteiger partial charge in [0, 0.05) is 13.1 Å². The van der Waals surface area contributed by atoms with E-state index in [1.807, 2.05) is 18.2 Å². The summed E-state index contributed by atoms with van der Waals surface area (Å²) in [7, 11) is 4.12. The van der Waals surface area contributed by atoms with E-state index in [1.165, 1.54) is 0 Å². The normalized spacial score (nSPS) is 25.2. The summed E-state index contributed by atoms with van der Waals surface area (Å²) >= 11 is 12.0. The molecule has 1 saturated heterocycles. The van der Waals surface area contributed by atoms with Crippen LogP contribution in [-0.2, 0) is 4.74 Å². The average molecular weight is 289 g/mol. The topological polar surface area (TPSA) is 24.5 Å². The van der Waals surface area contributed by atoms with Crippen LogP contribution < -0.4 is 5.32 Å². The molecule has 1 N–H and O–H groups in total. The van der Waals surface area contributed by atoms with Crippen LogP contribution in [0.15, 0.2) is 18.2 Å². The molecule has 5 heteroatoms. The Hall–Kier alpha value is -0.320. The van der Waals surface area contributed by atoms with Crippen molar-refractivity contribution in [1.29, 1.82) is 0 Å². The molecule has 1 aromatic rings. The molecular weight excluding hydrogens is 271 g/mol. The molecule has 0 amide bonds. The van der Waals surface area contributed by atoms with E-state index in [0.29, 0.717) is 16.7 Å². The highest BCUT2D eigenvalue weighted by Crippen LogP contribution is 2.30. The molecule has 2 atom stereocenters. The maximum absolute atomic E-state index is 6.08. The van der Waals surface area contributed by atoms with Gasteiger partial charge >= 0.3 is 0 Å². The molecular formula is C13H18Cl2N2O. The van der Waals surface area contributed by atoms with Gasteiger partial charge in [-0.2, -0.15) is 0 Å². The van der Waals surface area contributed by atoms with Gasteiger partial charge in [0.2, 0.25) is 0 Å². The molecule has 2 unspecified atom stereocenters. The molecule has 1 aliphatic rings. The molecule has 0 spiro atoms. The minimum absolute atomic E-state index is 0.0183. The molecule has 18 heavy (non-hydrogen) atoms. The monoisotopic (exact) mass is 288 g/mol. The van der Waals surface area contributed by atoms with Crippen molar-refractivity contribution in [3.63, 3.8) is 0 Å². The van der Waals surface area contributed by atoms with E-state index < -0.39 is 0 Å². The summed E-state index contributed by atoms with van der Waals surface area (Å²) in [5.41, 5.74) is 1.08. The lowest BCUT2D eigenvalue weighted by atomic mass is 10.0. The number of likely N-dealkylation sites (N-methyl/N-ethyl adjacent to an activating group) is 1. The second-order valence-electron chi connectivity index (χ2n) is 4.70. The van der Waals surface area contributed by atoms with Crippen molar-refractivity contribution < 1.29 is 4.74 Å². The van der Waals surface area contributed by atoms with Crippen LogP contribution in [-0.4, -0.2) is 44.7 Å². The van der Waals surface area contributed by atoms with Crippen molar-refractivity contribution in [3.05, 3.63) is 33.8 Å². The van der Waals surface area contributed by atoms with Gasteiger partial charge in [0.25, 0.3) is 0 Å². The van der Waals surface area contributed by atoms with Crippen molar-refractivity contribution in [1.82, 2.24) is 10.2 Å². The zero-order valence-electron chi connectivity index (χ0n) is 10.6. The first-order valence-corrected chi connectivity index (χ1v) is 6.79. The Labute approximate surface area is 118 Å². The standard InChI is InChI=1S/C13H18Cl2N2O/c1-17(2)12-8-16-5-6-18-13(12)9-3-4-10(14)11(15)7-9/h3-4,7,12-13,16H,5-6,8H2,1-2H3. The van der Waals surface area contributed by atoms with Crippen LogP contribution in [0.25, 0.3) is 0 Å². The fourth-order valence-electron chi connectivity index (χ4n) is 2.19. The highest BCUT2D eigenvalue weighted by molar-refractivity contribution is 6.42. The van der Waals surface area contributed by atoms with Gasteiger partial charge in [0.15, 0.2) is 0 Å². The Bertz CT molecular complexity index is 412. The number of hydrogen-bond donors (Lipinski definition) is 1. The highest BCUT2D eigenvalue weighted by Gasteiger charge is 2.27. The minimum Gasteiger partial charge on any atom is -0.371 e. The summed E-state index contributed by atoms with van der Waals surface area (Å²) < 4.78 is 5.95. The predicted molar refractivity (Wildman–Crippen MR) is 75.5 cm³/mol. The van der Waals surface area contributed by atoms with E-state index in [1.54, 1.807) is 0 Å². The summed E-state index contributed by atoms with van der Waals surface area (Å²) in [6, 6.07) is 6.00. The van der Waals surface area contributed by atoms with Gasteiger partial charge in [-0.1, -0.05) is 29.3 Å². The van der Waals surface area contributed by atoms with Crippen LogP contribution in [0.5, 0.6) is 0 Å². The van der Waals surface area contributed by atoms with Gasteiger partial charge in [-0.3, -0.25) is 0 Å². The summed E-state index contributed by atoms with van der Waals surface area (Å²) in [5.74, 6) is 0. The first-order chi connectivity index (χ1) is 8.59. The molecule has 0 bridgehead atoms. The van der Waals surface area contributed by atoms with E-state index in [-0.39, 0.29) is 12.1 Å². The molecule has 0 saturated carbocycles. The molecule has 3 nitrogen and oxygen atoms in total. The zero-order chi connectivity index (χ0) is 13.1. The SMILES string of the molecule is CN(C)C1CNCCOC1c1ccc(Cl)c(Cl)c1. The lowest BCUT2D eigenvalue weighted by molar-refractivity contribution is 0.0164. The third kappa shape index (κ3) is 3.16. The number of nitrogens with zero attached hydrogens (tertiary/aromatic N) is 1. The van der Waals surface area contributed by atoms with Gasteiger partial charge in [-0.05, 0) is 31.8 Å². The average Bonchev–Trinajstić information content (AvgIpc) is 2.58. The Morgan fingerprint density at radius 2 is 2.06 bits per heavy atom. The van der Waals surface area contributed by atoms with Crippen LogP contribution >= 0.6 is 23.2 Å².